The normalized spacial score (nSPS) is 10.5. The van der Waals surface area contributed by atoms with Gasteiger partial charge in [-0.1, -0.05) is 13.8 Å². The lowest BCUT2D eigenvalue weighted by Crippen LogP contribution is -2.41. The second-order valence-electron chi connectivity index (χ2n) is 3.95. The monoisotopic (exact) mass is 230 g/mol. The van der Waals surface area contributed by atoms with Gasteiger partial charge in [0.25, 0.3) is 0 Å². The summed E-state index contributed by atoms with van der Waals surface area (Å²) in [5.74, 6) is -0.903. The Bertz CT molecular complexity index is 225. The Balaban J connectivity index is 4.12. The lowest BCUT2D eigenvalue weighted by molar-refractivity contribution is -0.139. The summed E-state index contributed by atoms with van der Waals surface area (Å²) in [5, 5.41) is 8.58. The van der Waals surface area contributed by atoms with Crippen LogP contribution in [0.3, 0.4) is 0 Å². The number of aliphatic carboxylic acids is 1. The van der Waals surface area contributed by atoms with Crippen LogP contribution < -0.4 is 0 Å². The Hall–Kier alpha value is -1.10. The summed E-state index contributed by atoms with van der Waals surface area (Å²) in [4.78, 5) is 25.6. The van der Waals surface area contributed by atoms with E-state index in [2.05, 4.69) is 0 Å². The van der Waals surface area contributed by atoms with E-state index < -0.39 is 5.97 Å². The topological polar surface area (TPSA) is 60.9 Å². The number of carbonyl (C=O) groups excluding carboxylic acids is 1. The Morgan fingerprint density at radius 3 is 1.94 bits per heavy atom. The smallest absolute Gasteiger partial charge is 0.317 e. The summed E-state index contributed by atoms with van der Waals surface area (Å²) in [6.07, 6.45) is 1.85. The molecule has 0 aromatic heterocycles. The van der Waals surface area contributed by atoms with Gasteiger partial charge < -0.3 is 10.0 Å². The molecule has 0 aromatic rings. The maximum absolute atomic E-state index is 11.8. The van der Waals surface area contributed by atoms with Crippen molar-refractivity contribution >= 4 is 11.9 Å². The van der Waals surface area contributed by atoms with Crippen LogP contribution in [0, 0.1) is 0 Å². The van der Waals surface area contributed by atoms with Crippen LogP contribution in [0.1, 0.15) is 26.7 Å². The third-order valence-corrected chi connectivity index (χ3v) is 2.15. The summed E-state index contributed by atoms with van der Waals surface area (Å²) < 4.78 is 0. The molecule has 0 rings (SSSR count). The quantitative estimate of drug-likeness (QED) is 0.665. The summed E-state index contributed by atoms with van der Waals surface area (Å²) in [5.41, 5.74) is 0. The molecule has 94 valence electrons. The number of nitrogens with zero attached hydrogens (tertiary/aromatic N) is 2. The molecule has 0 aliphatic rings. The maximum Gasteiger partial charge on any atom is 0.317 e. The first-order chi connectivity index (χ1) is 7.51. The Morgan fingerprint density at radius 2 is 1.56 bits per heavy atom. The van der Waals surface area contributed by atoms with E-state index in [0.717, 1.165) is 25.9 Å². The molecule has 0 heterocycles. The van der Waals surface area contributed by atoms with E-state index in [-0.39, 0.29) is 19.0 Å². The summed E-state index contributed by atoms with van der Waals surface area (Å²) >= 11 is 0. The van der Waals surface area contributed by atoms with E-state index in [1.54, 1.807) is 11.9 Å². The van der Waals surface area contributed by atoms with Crippen LogP contribution in [-0.2, 0) is 9.59 Å². The molecule has 16 heavy (non-hydrogen) atoms. The van der Waals surface area contributed by atoms with Gasteiger partial charge in [0.15, 0.2) is 0 Å². The van der Waals surface area contributed by atoms with Crippen LogP contribution >= 0.6 is 0 Å². The molecule has 5 nitrogen and oxygen atoms in total. The van der Waals surface area contributed by atoms with E-state index in [4.69, 9.17) is 5.11 Å². The van der Waals surface area contributed by atoms with Gasteiger partial charge in [-0.15, -0.1) is 0 Å². The van der Waals surface area contributed by atoms with Gasteiger partial charge in [0.2, 0.25) is 5.91 Å². The largest absolute Gasteiger partial charge is 0.480 e. The molecule has 0 unspecified atom stereocenters. The van der Waals surface area contributed by atoms with E-state index in [9.17, 15) is 9.59 Å². The van der Waals surface area contributed by atoms with Crippen LogP contribution in [0.4, 0.5) is 0 Å². The fraction of sp³-hybridized carbons (Fsp3) is 0.818. The minimum atomic E-state index is -0.909. The lowest BCUT2D eigenvalue weighted by Gasteiger charge is -2.24. The molecule has 0 radical (unpaired) electrons. The molecule has 0 spiro atoms. The van der Waals surface area contributed by atoms with Crippen LogP contribution in [0.2, 0.25) is 0 Å². The van der Waals surface area contributed by atoms with Gasteiger partial charge in [0.1, 0.15) is 0 Å². The zero-order valence-electron chi connectivity index (χ0n) is 10.4. The number of carboxylic acid groups (broad SMARTS) is 1. The maximum atomic E-state index is 11.8. The standard InChI is InChI=1S/C11H22N2O3/c1-4-6-13(7-5-2)10(14)8-12(3)9-11(15)16/h4-9H2,1-3H3,(H,15,16). The van der Waals surface area contributed by atoms with Gasteiger partial charge in [-0.05, 0) is 19.9 Å². The van der Waals surface area contributed by atoms with Crippen molar-refractivity contribution in [2.24, 2.45) is 0 Å². The molecular formula is C11H22N2O3. The number of likely N-dealkylation sites (N-methyl/N-ethyl adjacent to an activating group) is 1. The lowest BCUT2D eigenvalue weighted by atomic mass is 10.3. The van der Waals surface area contributed by atoms with Crippen molar-refractivity contribution < 1.29 is 14.7 Å². The average molecular weight is 230 g/mol. The van der Waals surface area contributed by atoms with Crippen molar-refractivity contribution in [2.45, 2.75) is 26.7 Å². The second kappa shape index (κ2) is 8.10. The second-order valence-corrected chi connectivity index (χ2v) is 3.95. The van der Waals surface area contributed by atoms with Crippen LogP contribution in [-0.4, -0.2) is 60.0 Å². The first-order valence-corrected chi connectivity index (χ1v) is 5.69. The molecule has 0 fully saturated rings. The molecule has 0 aromatic carbocycles. The van der Waals surface area contributed by atoms with Crippen molar-refractivity contribution in [3.8, 4) is 0 Å². The summed E-state index contributed by atoms with van der Waals surface area (Å²) in [6.45, 7) is 5.61. The van der Waals surface area contributed by atoms with Gasteiger partial charge in [0, 0.05) is 13.1 Å². The first kappa shape index (κ1) is 14.9. The molecule has 5 heteroatoms. The molecule has 0 aliphatic carbocycles. The van der Waals surface area contributed by atoms with E-state index in [0.29, 0.717) is 0 Å². The Labute approximate surface area is 97.0 Å². The molecule has 0 atom stereocenters. The number of carboxylic acids is 1. The zero-order chi connectivity index (χ0) is 12.6. The van der Waals surface area contributed by atoms with Gasteiger partial charge >= 0.3 is 5.97 Å². The van der Waals surface area contributed by atoms with E-state index in [1.165, 1.54) is 4.90 Å². The predicted octanol–water partition coefficient (Wildman–Crippen LogP) is 0.651. The highest BCUT2D eigenvalue weighted by molar-refractivity contribution is 5.79. The molecule has 0 bridgehead atoms. The number of hydrogen-bond donors (Lipinski definition) is 1. The molecule has 0 saturated carbocycles. The average Bonchev–Trinajstić information content (AvgIpc) is 2.15. The third kappa shape index (κ3) is 6.40. The van der Waals surface area contributed by atoms with Gasteiger partial charge in [-0.2, -0.15) is 0 Å². The number of hydrogen-bond acceptors (Lipinski definition) is 3. The minimum absolute atomic E-state index is 0.00690. The minimum Gasteiger partial charge on any atom is -0.480 e. The molecule has 1 N–H and O–H groups in total. The molecule has 0 saturated heterocycles. The van der Waals surface area contributed by atoms with E-state index >= 15 is 0 Å². The van der Waals surface area contributed by atoms with Crippen LogP contribution in [0.25, 0.3) is 0 Å². The highest BCUT2D eigenvalue weighted by atomic mass is 16.4. The summed E-state index contributed by atoms with van der Waals surface area (Å²) in [6, 6.07) is 0. The van der Waals surface area contributed by atoms with Crippen molar-refractivity contribution in [2.75, 3.05) is 33.2 Å². The number of amides is 1. The molecular weight excluding hydrogens is 208 g/mol. The van der Waals surface area contributed by atoms with Crippen molar-refractivity contribution in [3.63, 3.8) is 0 Å². The van der Waals surface area contributed by atoms with Crippen molar-refractivity contribution in [1.29, 1.82) is 0 Å². The number of rotatable bonds is 8. The third-order valence-electron chi connectivity index (χ3n) is 2.15. The first-order valence-electron chi connectivity index (χ1n) is 5.69. The highest BCUT2D eigenvalue weighted by Gasteiger charge is 2.15. The van der Waals surface area contributed by atoms with Crippen molar-refractivity contribution in [1.82, 2.24) is 9.80 Å². The van der Waals surface area contributed by atoms with E-state index in [1.807, 2.05) is 13.8 Å². The highest BCUT2D eigenvalue weighted by Crippen LogP contribution is 1.97. The zero-order valence-corrected chi connectivity index (χ0v) is 10.4. The SMILES string of the molecule is CCCN(CCC)C(=O)CN(C)CC(=O)O. The molecule has 1 amide bonds. The van der Waals surface area contributed by atoms with Crippen LogP contribution in [0.15, 0.2) is 0 Å². The Kier molecular flexibility index (Phi) is 7.54. The van der Waals surface area contributed by atoms with Crippen molar-refractivity contribution in [3.05, 3.63) is 0 Å². The fourth-order valence-corrected chi connectivity index (χ4v) is 1.52. The van der Waals surface area contributed by atoms with Gasteiger partial charge in [-0.25, -0.2) is 0 Å². The van der Waals surface area contributed by atoms with Gasteiger partial charge in [-0.3, -0.25) is 14.5 Å². The molecule has 0 aliphatic heterocycles. The summed E-state index contributed by atoms with van der Waals surface area (Å²) in [7, 11) is 1.64. The predicted molar refractivity (Wildman–Crippen MR) is 62.3 cm³/mol. The number of carbonyl (C=O) groups is 2. The van der Waals surface area contributed by atoms with Gasteiger partial charge in [0.05, 0.1) is 13.1 Å². The Morgan fingerprint density at radius 1 is 1.06 bits per heavy atom. The fourth-order valence-electron chi connectivity index (χ4n) is 1.52. The van der Waals surface area contributed by atoms with Crippen LogP contribution in [0.5, 0.6) is 0 Å².